The monoisotopic (exact) mass is 283 g/mol. The lowest BCUT2D eigenvalue weighted by molar-refractivity contribution is -0.138. The van der Waals surface area contributed by atoms with Crippen molar-refractivity contribution in [3.63, 3.8) is 0 Å². The topological polar surface area (TPSA) is 42.2 Å². The number of aryl methyl sites for hydroxylation is 1. The molecule has 0 aliphatic heterocycles. The van der Waals surface area contributed by atoms with E-state index in [1.54, 1.807) is 6.07 Å². The van der Waals surface area contributed by atoms with E-state index in [-0.39, 0.29) is 11.3 Å². The van der Waals surface area contributed by atoms with Crippen molar-refractivity contribution in [1.29, 1.82) is 0 Å². The van der Waals surface area contributed by atoms with Gasteiger partial charge in [-0.3, -0.25) is 0 Å². The lowest BCUT2D eigenvalue weighted by atomic mass is 10.0. The van der Waals surface area contributed by atoms with E-state index in [1.165, 1.54) is 36.7 Å². The number of carbonyl (C=O) groups is 1. The molecule has 0 unspecified atom stereocenters. The summed E-state index contributed by atoms with van der Waals surface area (Å²) in [6.07, 6.45) is -4.43. The summed E-state index contributed by atoms with van der Waals surface area (Å²) >= 11 is 0. The zero-order valence-corrected chi connectivity index (χ0v) is 10.8. The molecule has 2 rings (SSSR count). The summed E-state index contributed by atoms with van der Waals surface area (Å²) in [6.45, 7) is 1.39. The van der Waals surface area contributed by atoms with Gasteiger partial charge < -0.3 is 9.67 Å². The van der Waals surface area contributed by atoms with E-state index in [1.807, 2.05) is 0 Å². The number of halogens is 3. The van der Waals surface area contributed by atoms with Crippen LogP contribution in [0.5, 0.6) is 0 Å². The first-order chi connectivity index (χ1) is 9.21. The smallest absolute Gasteiger partial charge is 0.416 e. The molecule has 0 spiro atoms. The predicted octanol–water partition coefficient (Wildman–Crippen LogP) is 3.72. The van der Waals surface area contributed by atoms with Crippen LogP contribution >= 0.6 is 0 Å². The van der Waals surface area contributed by atoms with Crippen LogP contribution in [0.25, 0.3) is 11.3 Å². The summed E-state index contributed by atoms with van der Waals surface area (Å²) < 4.78 is 40.0. The maximum atomic E-state index is 12.9. The normalized spacial score (nSPS) is 11.7. The first-order valence-electron chi connectivity index (χ1n) is 5.79. The first kappa shape index (κ1) is 14.2. The fourth-order valence-corrected chi connectivity index (χ4v) is 2.10. The molecule has 3 nitrogen and oxygen atoms in total. The zero-order valence-electron chi connectivity index (χ0n) is 10.8. The first-order valence-corrected chi connectivity index (χ1v) is 5.79. The van der Waals surface area contributed by atoms with Crippen molar-refractivity contribution >= 4 is 5.97 Å². The molecule has 20 heavy (non-hydrogen) atoms. The fraction of sp³-hybridized carbons (Fsp3) is 0.214. The van der Waals surface area contributed by atoms with Gasteiger partial charge in [-0.1, -0.05) is 12.1 Å². The van der Waals surface area contributed by atoms with Crippen molar-refractivity contribution in [3.8, 4) is 11.3 Å². The largest absolute Gasteiger partial charge is 0.477 e. The molecule has 0 fully saturated rings. The van der Waals surface area contributed by atoms with Crippen molar-refractivity contribution in [2.24, 2.45) is 7.05 Å². The minimum atomic E-state index is -4.43. The Hall–Kier alpha value is -2.24. The number of aromatic nitrogens is 1. The van der Waals surface area contributed by atoms with Gasteiger partial charge in [0.25, 0.3) is 0 Å². The van der Waals surface area contributed by atoms with E-state index >= 15 is 0 Å². The van der Waals surface area contributed by atoms with E-state index in [0.717, 1.165) is 6.07 Å². The molecule has 0 bridgehead atoms. The van der Waals surface area contributed by atoms with Gasteiger partial charge in [0.05, 0.1) is 5.56 Å². The molecule has 0 atom stereocenters. The van der Waals surface area contributed by atoms with Gasteiger partial charge in [0.2, 0.25) is 0 Å². The van der Waals surface area contributed by atoms with Crippen LogP contribution in [0, 0.1) is 6.92 Å². The predicted molar refractivity (Wildman–Crippen MR) is 67.5 cm³/mol. The van der Waals surface area contributed by atoms with Gasteiger partial charge in [0.1, 0.15) is 5.69 Å². The van der Waals surface area contributed by atoms with Crippen LogP contribution in [0.15, 0.2) is 30.3 Å². The third-order valence-electron chi connectivity index (χ3n) is 3.18. The van der Waals surface area contributed by atoms with Crippen molar-refractivity contribution in [3.05, 3.63) is 47.2 Å². The Morgan fingerprint density at radius 1 is 1.20 bits per heavy atom. The van der Waals surface area contributed by atoms with Crippen LogP contribution in [-0.4, -0.2) is 15.6 Å². The highest BCUT2D eigenvalue weighted by molar-refractivity contribution is 5.87. The van der Waals surface area contributed by atoms with Crippen LogP contribution in [0.3, 0.4) is 0 Å². The number of rotatable bonds is 2. The second kappa shape index (κ2) is 4.70. The molecule has 0 radical (unpaired) electrons. The summed E-state index contributed by atoms with van der Waals surface area (Å²) in [7, 11) is 1.51. The Morgan fingerprint density at radius 2 is 1.85 bits per heavy atom. The van der Waals surface area contributed by atoms with Gasteiger partial charge in [0, 0.05) is 12.7 Å². The molecule has 0 saturated heterocycles. The second-order valence-electron chi connectivity index (χ2n) is 4.50. The van der Waals surface area contributed by atoms with E-state index in [4.69, 9.17) is 5.11 Å². The lowest BCUT2D eigenvalue weighted by Gasteiger charge is -2.13. The van der Waals surface area contributed by atoms with Crippen molar-refractivity contribution in [2.45, 2.75) is 13.1 Å². The number of aromatic carboxylic acids is 1. The van der Waals surface area contributed by atoms with Crippen LogP contribution < -0.4 is 0 Å². The minimum absolute atomic E-state index is 0.0223. The fourth-order valence-electron chi connectivity index (χ4n) is 2.10. The Bertz CT molecular complexity index is 672. The summed E-state index contributed by atoms with van der Waals surface area (Å²) in [5.41, 5.74) is 0.196. The highest BCUT2D eigenvalue weighted by atomic mass is 19.4. The molecule has 6 heteroatoms. The van der Waals surface area contributed by atoms with E-state index in [0.29, 0.717) is 11.3 Å². The molecule has 1 heterocycles. The Balaban J connectivity index is 2.57. The SMILES string of the molecule is Cc1ccc(-c2ccc(C(=O)O)n2C)cc1C(F)(F)F. The number of carboxylic acids is 1. The second-order valence-corrected chi connectivity index (χ2v) is 4.50. The van der Waals surface area contributed by atoms with E-state index < -0.39 is 17.7 Å². The Morgan fingerprint density at radius 3 is 2.35 bits per heavy atom. The molecule has 106 valence electrons. The van der Waals surface area contributed by atoms with Crippen LogP contribution in [-0.2, 0) is 13.2 Å². The average Bonchev–Trinajstić information content (AvgIpc) is 2.70. The zero-order chi connectivity index (χ0) is 15.1. The molecule has 1 N–H and O–H groups in total. The molecule has 1 aromatic carbocycles. The third kappa shape index (κ3) is 2.41. The van der Waals surface area contributed by atoms with E-state index in [2.05, 4.69) is 0 Å². The average molecular weight is 283 g/mol. The quantitative estimate of drug-likeness (QED) is 0.912. The minimum Gasteiger partial charge on any atom is -0.477 e. The van der Waals surface area contributed by atoms with Crippen molar-refractivity contribution in [1.82, 2.24) is 4.57 Å². The number of hydrogen-bond acceptors (Lipinski definition) is 1. The number of nitrogens with zero attached hydrogens (tertiary/aromatic N) is 1. The van der Waals surface area contributed by atoms with Crippen molar-refractivity contribution in [2.75, 3.05) is 0 Å². The highest BCUT2D eigenvalue weighted by Crippen LogP contribution is 2.34. The summed E-state index contributed by atoms with van der Waals surface area (Å²) in [4.78, 5) is 10.9. The van der Waals surface area contributed by atoms with Gasteiger partial charge >= 0.3 is 12.1 Å². The molecule has 2 aromatic rings. The van der Waals surface area contributed by atoms with Gasteiger partial charge in [-0.25, -0.2) is 4.79 Å². The molecule has 1 aromatic heterocycles. The molecule has 0 saturated carbocycles. The standard InChI is InChI=1S/C14H12F3NO2/c1-8-3-4-9(7-10(8)14(15,16)17)11-5-6-12(13(19)20)18(11)2/h3-7H,1-2H3,(H,19,20). The van der Waals surface area contributed by atoms with Crippen molar-refractivity contribution < 1.29 is 23.1 Å². The maximum Gasteiger partial charge on any atom is 0.416 e. The summed E-state index contributed by atoms with van der Waals surface area (Å²) in [5, 5.41) is 8.95. The molecular formula is C14H12F3NO2. The lowest BCUT2D eigenvalue weighted by Crippen LogP contribution is -2.08. The summed E-state index contributed by atoms with van der Waals surface area (Å²) in [5.74, 6) is -1.12. The number of carboxylic acid groups (broad SMARTS) is 1. The molecular weight excluding hydrogens is 271 g/mol. The van der Waals surface area contributed by atoms with Gasteiger partial charge in [-0.15, -0.1) is 0 Å². The Kier molecular flexibility index (Phi) is 3.33. The maximum absolute atomic E-state index is 12.9. The van der Waals surface area contributed by atoms with Crippen LogP contribution in [0.2, 0.25) is 0 Å². The molecule has 0 aliphatic rings. The van der Waals surface area contributed by atoms with Gasteiger partial charge in [-0.2, -0.15) is 13.2 Å². The molecule has 0 amide bonds. The number of benzene rings is 1. The van der Waals surface area contributed by atoms with Crippen LogP contribution in [0.1, 0.15) is 21.6 Å². The third-order valence-corrected chi connectivity index (χ3v) is 3.18. The Labute approximate surface area is 113 Å². The van der Waals surface area contributed by atoms with Gasteiger partial charge in [0.15, 0.2) is 0 Å². The number of hydrogen-bond donors (Lipinski definition) is 1. The molecule has 0 aliphatic carbocycles. The van der Waals surface area contributed by atoms with E-state index in [9.17, 15) is 18.0 Å². The summed E-state index contributed by atoms with van der Waals surface area (Å²) in [6, 6.07) is 6.83. The number of alkyl halides is 3. The highest BCUT2D eigenvalue weighted by Gasteiger charge is 2.32. The van der Waals surface area contributed by atoms with Crippen LogP contribution in [0.4, 0.5) is 13.2 Å². The van der Waals surface area contributed by atoms with Gasteiger partial charge in [-0.05, 0) is 36.2 Å².